The molecular formula is C19H29IN4O2S. The van der Waals surface area contributed by atoms with Gasteiger partial charge in [-0.25, -0.2) is 4.98 Å². The lowest BCUT2D eigenvalue weighted by Gasteiger charge is -2.22. The first-order valence-electron chi connectivity index (χ1n) is 8.54. The Labute approximate surface area is 183 Å². The maximum absolute atomic E-state index is 5.37. The Kier molecular flexibility index (Phi) is 9.86. The van der Waals surface area contributed by atoms with Crippen LogP contribution in [0.1, 0.15) is 21.1 Å². The van der Waals surface area contributed by atoms with Crippen LogP contribution in [0.3, 0.4) is 0 Å². The van der Waals surface area contributed by atoms with Crippen LogP contribution in [-0.2, 0) is 13.0 Å². The summed E-state index contributed by atoms with van der Waals surface area (Å²) in [4.78, 5) is 12.3. The number of aliphatic imine (C=N–C) groups is 1. The first kappa shape index (κ1) is 23.5. The number of halogens is 1. The Bertz CT molecular complexity index is 745. The summed E-state index contributed by atoms with van der Waals surface area (Å²) in [6.45, 7) is 5.66. The highest BCUT2D eigenvalue weighted by Crippen LogP contribution is 2.27. The van der Waals surface area contributed by atoms with Gasteiger partial charge in [0, 0.05) is 25.5 Å². The standard InChI is InChI=1S/C19H28N4O2S.HI/c1-13-14(2)26-18(22-13)12-21-19(20-3)23(4)10-9-15-7-8-16(24-5)17(11-15)25-6;/h7-8,11H,9-10,12H2,1-6H3,(H,20,21);1H. The molecule has 1 N–H and O–H groups in total. The van der Waals surface area contributed by atoms with Crippen molar-refractivity contribution < 1.29 is 9.47 Å². The molecule has 150 valence electrons. The van der Waals surface area contributed by atoms with Crippen LogP contribution in [-0.4, -0.2) is 50.7 Å². The minimum atomic E-state index is 0. The van der Waals surface area contributed by atoms with Crippen molar-refractivity contribution in [3.63, 3.8) is 0 Å². The summed E-state index contributed by atoms with van der Waals surface area (Å²) in [5, 5.41) is 4.46. The van der Waals surface area contributed by atoms with E-state index in [9.17, 15) is 0 Å². The van der Waals surface area contributed by atoms with Crippen LogP contribution in [0, 0.1) is 13.8 Å². The zero-order valence-electron chi connectivity index (χ0n) is 16.8. The smallest absolute Gasteiger partial charge is 0.193 e. The van der Waals surface area contributed by atoms with Crippen LogP contribution in [0.25, 0.3) is 0 Å². The second-order valence-corrected chi connectivity index (χ2v) is 7.30. The molecule has 0 amide bonds. The van der Waals surface area contributed by atoms with E-state index in [1.807, 2.05) is 26.1 Å². The molecule has 6 nitrogen and oxygen atoms in total. The van der Waals surface area contributed by atoms with Crippen LogP contribution in [0.5, 0.6) is 11.5 Å². The molecule has 0 fully saturated rings. The number of benzene rings is 1. The fraction of sp³-hybridized carbons (Fsp3) is 0.474. The van der Waals surface area contributed by atoms with Gasteiger partial charge in [-0.15, -0.1) is 35.3 Å². The van der Waals surface area contributed by atoms with E-state index in [1.165, 1.54) is 10.4 Å². The molecule has 0 aliphatic heterocycles. The number of aromatic nitrogens is 1. The van der Waals surface area contributed by atoms with Gasteiger partial charge in [0.25, 0.3) is 0 Å². The number of nitrogens with zero attached hydrogens (tertiary/aromatic N) is 3. The fourth-order valence-corrected chi connectivity index (χ4v) is 3.47. The van der Waals surface area contributed by atoms with E-state index >= 15 is 0 Å². The monoisotopic (exact) mass is 504 g/mol. The number of hydrogen-bond acceptors (Lipinski definition) is 5. The molecule has 1 aromatic carbocycles. The molecular weight excluding hydrogens is 475 g/mol. The maximum atomic E-state index is 5.37. The number of guanidine groups is 1. The second-order valence-electron chi connectivity index (χ2n) is 6.01. The van der Waals surface area contributed by atoms with Gasteiger partial charge in [0.15, 0.2) is 17.5 Å². The molecule has 0 spiro atoms. The highest BCUT2D eigenvalue weighted by Gasteiger charge is 2.10. The summed E-state index contributed by atoms with van der Waals surface area (Å²) in [6.07, 6.45) is 0.882. The summed E-state index contributed by atoms with van der Waals surface area (Å²) < 4.78 is 10.7. The number of likely N-dealkylation sites (N-methyl/N-ethyl adjacent to an activating group) is 1. The summed E-state index contributed by atoms with van der Waals surface area (Å²) in [5.74, 6) is 2.36. The van der Waals surface area contributed by atoms with Gasteiger partial charge in [0.1, 0.15) is 5.01 Å². The summed E-state index contributed by atoms with van der Waals surface area (Å²) in [7, 11) is 7.13. The number of rotatable bonds is 7. The molecule has 1 aromatic heterocycles. The molecule has 27 heavy (non-hydrogen) atoms. The summed E-state index contributed by atoms with van der Waals surface area (Å²) in [6, 6.07) is 6.02. The van der Waals surface area contributed by atoms with Crippen LogP contribution in [0.2, 0.25) is 0 Å². The van der Waals surface area contributed by atoms with Gasteiger partial charge in [-0.05, 0) is 38.0 Å². The van der Waals surface area contributed by atoms with Crippen molar-refractivity contribution in [2.24, 2.45) is 4.99 Å². The molecule has 0 bridgehead atoms. The topological polar surface area (TPSA) is 59.0 Å². The summed E-state index contributed by atoms with van der Waals surface area (Å²) >= 11 is 1.72. The number of nitrogens with one attached hydrogen (secondary N) is 1. The Morgan fingerprint density at radius 2 is 1.93 bits per heavy atom. The molecule has 0 saturated carbocycles. The average Bonchev–Trinajstić information content (AvgIpc) is 2.97. The number of thiazole rings is 1. The normalized spacial score (nSPS) is 11.0. The van der Waals surface area contributed by atoms with Gasteiger partial charge in [-0.1, -0.05) is 6.07 Å². The average molecular weight is 504 g/mol. The number of hydrogen-bond donors (Lipinski definition) is 1. The van der Waals surface area contributed by atoms with E-state index in [2.05, 4.69) is 33.2 Å². The lowest BCUT2D eigenvalue weighted by atomic mass is 10.1. The Morgan fingerprint density at radius 1 is 1.22 bits per heavy atom. The van der Waals surface area contributed by atoms with Crippen LogP contribution in [0.15, 0.2) is 23.2 Å². The number of aryl methyl sites for hydroxylation is 2. The van der Waals surface area contributed by atoms with Crippen LogP contribution in [0.4, 0.5) is 0 Å². The van der Waals surface area contributed by atoms with Crippen molar-refractivity contribution >= 4 is 41.3 Å². The number of ether oxygens (including phenoxy) is 2. The quantitative estimate of drug-likeness (QED) is 0.355. The largest absolute Gasteiger partial charge is 0.493 e. The first-order valence-corrected chi connectivity index (χ1v) is 9.35. The minimum Gasteiger partial charge on any atom is -0.493 e. The van der Waals surface area contributed by atoms with Crippen LogP contribution >= 0.6 is 35.3 Å². The third-order valence-corrected chi connectivity index (χ3v) is 5.30. The van der Waals surface area contributed by atoms with Crippen LogP contribution < -0.4 is 14.8 Å². The predicted molar refractivity (Wildman–Crippen MR) is 123 cm³/mol. The van der Waals surface area contributed by atoms with Crippen molar-refractivity contribution in [3.8, 4) is 11.5 Å². The van der Waals surface area contributed by atoms with E-state index in [0.29, 0.717) is 6.54 Å². The van der Waals surface area contributed by atoms with Gasteiger partial charge in [-0.3, -0.25) is 4.99 Å². The van der Waals surface area contributed by atoms with Crippen molar-refractivity contribution in [2.45, 2.75) is 26.8 Å². The van der Waals surface area contributed by atoms with Crippen molar-refractivity contribution in [3.05, 3.63) is 39.3 Å². The fourth-order valence-electron chi connectivity index (χ4n) is 2.59. The summed E-state index contributed by atoms with van der Waals surface area (Å²) in [5.41, 5.74) is 2.29. The Balaban J connectivity index is 0.00000364. The molecule has 1 heterocycles. The SMILES string of the molecule is CN=C(NCc1nc(C)c(C)s1)N(C)CCc1ccc(OC)c(OC)c1.I. The van der Waals surface area contributed by atoms with Crippen molar-refractivity contribution in [2.75, 3.05) is 34.9 Å². The highest BCUT2D eigenvalue weighted by atomic mass is 127. The van der Waals surface area contributed by atoms with Gasteiger partial charge < -0.3 is 19.7 Å². The molecule has 0 saturated heterocycles. The van der Waals surface area contributed by atoms with Gasteiger partial charge in [0.05, 0.1) is 26.5 Å². The van der Waals surface area contributed by atoms with Gasteiger partial charge in [-0.2, -0.15) is 0 Å². The maximum Gasteiger partial charge on any atom is 0.193 e. The van der Waals surface area contributed by atoms with Crippen molar-refractivity contribution in [1.29, 1.82) is 0 Å². The third kappa shape index (κ3) is 6.53. The van der Waals surface area contributed by atoms with E-state index < -0.39 is 0 Å². The van der Waals surface area contributed by atoms with Gasteiger partial charge in [0.2, 0.25) is 0 Å². The molecule has 0 atom stereocenters. The molecule has 8 heteroatoms. The molecule has 0 unspecified atom stereocenters. The Morgan fingerprint density at radius 3 is 2.48 bits per heavy atom. The third-order valence-electron chi connectivity index (χ3n) is 4.23. The first-order chi connectivity index (χ1) is 12.5. The zero-order valence-corrected chi connectivity index (χ0v) is 20.0. The molecule has 0 radical (unpaired) electrons. The predicted octanol–water partition coefficient (Wildman–Crippen LogP) is 3.65. The molecule has 2 aromatic rings. The van der Waals surface area contributed by atoms with E-state index in [1.54, 1.807) is 32.6 Å². The lowest BCUT2D eigenvalue weighted by Crippen LogP contribution is -2.39. The van der Waals surface area contributed by atoms with Crippen molar-refractivity contribution in [1.82, 2.24) is 15.2 Å². The zero-order chi connectivity index (χ0) is 19.1. The molecule has 2 rings (SSSR count). The van der Waals surface area contributed by atoms with E-state index in [4.69, 9.17) is 9.47 Å². The van der Waals surface area contributed by atoms with E-state index in [-0.39, 0.29) is 24.0 Å². The highest BCUT2D eigenvalue weighted by molar-refractivity contribution is 14.0. The molecule has 0 aliphatic rings. The Hall–Kier alpha value is -1.55. The molecule has 0 aliphatic carbocycles. The van der Waals surface area contributed by atoms with Gasteiger partial charge >= 0.3 is 0 Å². The number of methoxy groups -OCH3 is 2. The lowest BCUT2D eigenvalue weighted by molar-refractivity contribution is 0.354. The second kappa shape index (κ2) is 11.3. The minimum absolute atomic E-state index is 0. The van der Waals surface area contributed by atoms with E-state index in [0.717, 1.165) is 41.1 Å².